The van der Waals surface area contributed by atoms with Gasteiger partial charge < -0.3 is 14.8 Å². The van der Waals surface area contributed by atoms with Gasteiger partial charge in [0.15, 0.2) is 6.61 Å². The molecule has 0 spiro atoms. The molecule has 1 amide bonds. The van der Waals surface area contributed by atoms with Crippen molar-refractivity contribution in [3.63, 3.8) is 0 Å². The van der Waals surface area contributed by atoms with Gasteiger partial charge in [0.1, 0.15) is 11.8 Å². The summed E-state index contributed by atoms with van der Waals surface area (Å²) in [6.07, 6.45) is -4.40. The number of halogens is 3. The molecule has 1 heterocycles. The van der Waals surface area contributed by atoms with E-state index in [-0.39, 0.29) is 19.2 Å². The van der Waals surface area contributed by atoms with Crippen LogP contribution in [0.5, 0.6) is 5.75 Å². The van der Waals surface area contributed by atoms with Crippen molar-refractivity contribution in [3.05, 3.63) is 65.2 Å². The summed E-state index contributed by atoms with van der Waals surface area (Å²) in [5.41, 5.74) is 0.280. The number of nitriles is 1. The molecule has 1 atom stereocenters. The number of carbonyl (C=O) groups excluding carboxylic acids is 1. The van der Waals surface area contributed by atoms with Crippen LogP contribution in [0.1, 0.15) is 22.7 Å². The van der Waals surface area contributed by atoms with Crippen LogP contribution >= 0.6 is 0 Å². The fourth-order valence-electron chi connectivity index (χ4n) is 3.33. The SMILES string of the molecule is N#Cc1ccccc1OCC(=O)NCC(c1ccc(C(F)(F)F)cc1)N1CCOCC1. The summed E-state index contributed by atoms with van der Waals surface area (Å²) in [6.45, 7) is 2.16. The van der Waals surface area contributed by atoms with Crippen molar-refractivity contribution in [2.75, 3.05) is 39.5 Å². The van der Waals surface area contributed by atoms with E-state index in [0.717, 1.165) is 12.1 Å². The molecule has 0 aliphatic carbocycles. The van der Waals surface area contributed by atoms with Crippen molar-refractivity contribution in [1.29, 1.82) is 5.26 Å². The first kappa shape index (κ1) is 22.6. The largest absolute Gasteiger partial charge is 0.482 e. The van der Waals surface area contributed by atoms with E-state index in [9.17, 15) is 18.0 Å². The van der Waals surface area contributed by atoms with Crippen molar-refractivity contribution < 1.29 is 27.4 Å². The highest BCUT2D eigenvalue weighted by Gasteiger charge is 2.31. The van der Waals surface area contributed by atoms with Crippen molar-refractivity contribution in [1.82, 2.24) is 10.2 Å². The Labute approximate surface area is 178 Å². The van der Waals surface area contributed by atoms with E-state index in [1.165, 1.54) is 12.1 Å². The van der Waals surface area contributed by atoms with Crippen LogP contribution in [0.25, 0.3) is 0 Å². The lowest BCUT2D eigenvalue weighted by atomic mass is 10.0. The van der Waals surface area contributed by atoms with Crippen molar-refractivity contribution in [2.45, 2.75) is 12.2 Å². The van der Waals surface area contributed by atoms with E-state index in [1.807, 2.05) is 6.07 Å². The molecule has 164 valence electrons. The molecule has 1 aliphatic heterocycles. The molecule has 31 heavy (non-hydrogen) atoms. The van der Waals surface area contributed by atoms with Crippen LogP contribution in [0.2, 0.25) is 0 Å². The van der Waals surface area contributed by atoms with Gasteiger partial charge in [-0.05, 0) is 29.8 Å². The zero-order valence-electron chi connectivity index (χ0n) is 16.7. The maximum atomic E-state index is 12.9. The maximum absolute atomic E-state index is 12.9. The van der Waals surface area contributed by atoms with E-state index in [4.69, 9.17) is 14.7 Å². The average Bonchev–Trinajstić information content (AvgIpc) is 2.78. The molecule has 1 aliphatic rings. The highest BCUT2D eigenvalue weighted by atomic mass is 19.4. The third-order valence-corrected chi connectivity index (χ3v) is 4.97. The van der Waals surface area contributed by atoms with E-state index in [2.05, 4.69) is 10.2 Å². The minimum atomic E-state index is -4.40. The van der Waals surface area contributed by atoms with Crippen LogP contribution in [-0.2, 0) is 15.7 Å². The molecular formula is C22H22F3N3O3. The number of para-hydroxylation sites is 1. The van der Waals surface area contributed by atoms with Gasteiger partial charge in [0.05, 0.1) is 30.4 Å². The first-order valence-electron chi connectivity index (χ1n) is 9.76. The number of alkyl halides is 3. The Morgan fingerprint density at radius 3 is 2.48 bits per heavy atom. The number of benzene rings is 2. The van der Waals surface area contributed by atoms with Crippen molar-refractivity contribution in [2.24, 2.45) is 0 Å². The monoisotopic (exact) mass is 433 g/mol. The Morgan fingerprint density at radius 2 is 1.84 bits per heavy atom. The molecule has 0 radical (unpaired) electrons. The van der Waals surface area contributed by atoms with Gasteiger partial charge in [-0.3, -0.25) is 9.69 Å². The predicted molar refractivity (Wildman–Crippen MR) is 106 cm³/mol. The summed E-state index contributed by atoms with van der Waals surface area (Å²) in [4.78, 5) is 14.4. The van der Waals surface area contributed by atoms with Crippen LogP contribution < -0.4 is 10.1 Å². The van der Waals surface area contributed by atoms with Gasteiger partial charge in [-0.25, -0.2) is 0 Å². The van der Waals surface area contributed by atoms with Crippen LogP contribution in [0, 0.1) is 11.3 Å². The van der Waals surface area contributed by atoms with Crippen LogP contribution in [0.3, 0.4) is 0 Å². The first-order chi connectivity index (χ1) is 14.9. The quantitative estimate of drug-likeness (QED) is 0.726. The average molecular weight is 433 g/mol. The second-order valence-electron chi connectivity index (χ2n) is 6.98. The normalized spacial score (nSPS) is 15.7. The lowest BCUT2D eigenvalue weighted by Gasteiger charge is -2.35. The molecule has 2 aromatic carbocycles. The van der Waals surface area contributed by atoms with Crippen LogP contribution in [-0.4, -0.2) is 50.3 Å². The Bertz CT molecular complexity index is 920. The van der Waals surface area contributed by atoms with Gasteiger partial charge >= 0.3 is 6.18 Å². The molecule has 1 saturated heterocycles. The van der Waals surface area contributed by atoms with Crippen molar-refractivity contribution in [3.8, 4) is 11.8 Å². The summed E-state index contributed by atoms with van der Waals surface area (Å²) in [7, 11) is 0. The van der Waals surface area contributed by atoms with Gasteiger partial charge in [-0.15, -0.1) is 0 Å². The van der Waals surface area contributed by atoms with E-state index >= 15 is 0 Å². The number of amides is 1. The lowest BCUT2D eigenvalue weighted by Crippen LogP contribution is -2.44. The highest BCUT2D eigenvalue weighted by molar-refractivity contribution is 5.77. The number of nitrogens with one attached hydrogen (secondary N) is 1. The van der Waals surface area contributed by atoms with Gasteiger partial charge in [-0.2, -0.15) is 18.4 Å². The summed E-state index contributed by atoms with van der Waals surface area (Å²) in [5, 5.41) is 11.9. The summed E-state index contributed by atoms with van der Waals surface area (Å²) >= 11 is 0. The summed E-state index contributed by atoms with van der Waals surface area (Å²) in [6, 6.07) is 13.3. The molecule has 0 saturated carbocycles. The molecule has 3 rings (SSSR count). The van der Waals surface area contributed by atoms with Gasteiger partial charge in [-0.1, -0.05) is 24.3 Å². The molecule has 1 unspecified atom stereocenters. The molecule has 6 nitrogen and oxygen atoms in total. The first-order valence-corrected chi connectivity index (χ1v) is 9.76. The number of hydrogen-bond acceptors (Lipinski definition) is 5. The summed E-state index contributed by atoms with van der Waals surface area (Å²) < 4.78 is 49.5. The van der Waals surface area contributed by atoms with E-state index < -0.39 is 17.6 Å². The van der Waals surface area contributed by atoms with Gasteiger partial charge in [0.25, 0.3) is 5.91 Å². The van der Waals surface area contributed by atoms with E-state index in [1.54, 1.807) is 24.3 Å². The van der Waals surface area contributed by atoms with E-state index in [0.29, 0.717) is 43.2 Å². The molecule has 1 N–H and O–H groups in total. The maximum Gasteiger partial charge on any atom is 0.416 e. The zero-order chi connectivity index (χ0) is 22.3. The van der Waals surface area contributed by atoms with Gasteiger partial charge in [0, 0.05) is 19.6 Å². The Hall–Kier alpha value is -3.09. The second kappa shape index (κ2) is 10.3. The number of hydrogen-bond donors (Lipinski definition) is 1. The fourth-order valence-corrected chi connectivity index (χ4v) is 3.33. The predicted octanol–water partition coefficient (Wildman–Crippen LogP) is 3.15. The molecule has 0 bridgehead atoms. The number of nitrogens with zero attached hydrogens (tertiary/aromatic N) is 2. The molecule has 2 aromatic rings. The molecule has 0 aromatic heterocycles. The Morgan fingerprint density at radius 1 is 1.16 bits per heavy atom. The third kappa shape index (κ3) is 6.20. The lowest BCUT2D eigenvalue weighted by molar-refractivity contribution is -0.137. The Balaban J connectivity index is 1.64. The minimum Gasteiger partial charge on any atom is -0.482 e. The second-order valence-corrected chi connectivity index (χ2v) is 6.98. The fraction of sp³-hybridized carbons (Fsp3) is 0.364. The number of carbonyl (C=O) groups is 1. The Kier molecular flexibility index (Phi) is 7.50. The molecule has 9 heteroatoms. The molecule has 1 fully saturated rings. The molecular weight excluding hydrogens is 411 g/mol. The van der Waals surface area contributed by atoms with Crippen LogP contribution in [0.15, 0.2) is 48.5 Å². The van der Waals surface area contributed by atoms with Crippen molar-refractivity contribution >= 4 is 5.91 Å². The number of ether oxygens (including phenoxy) is 2. The highest BCUT2D eigenvalue weighted by Crippen LogP contribution is 2.31. The standard InChI is InChI=1S/C22H22F3N3O3/c23-22(24,25)18-7-5-16(6-8-18)19(28-9-11-30-12-10-28)14-27-21(29)15-31-20-4-2-1-3-17(20)13-26/h1-8,19H,9-12,14-15H2,(H,27,29). The number of morpholine rings is 1. The van der Waals surface area contributed by atoms with Crippen LogP contribution in [0.4, 0.5) is 13.2 Å². The smallest absolute Gasteiger partial charge is 0.416 e. The minimum absolute atomic E-state index is 0.202. The topological polar surface area (TPSA) is 74.6 Å². The zero-order valence-corrected chi connectivity index (χ0v) is 16.7. The summed E-state index contributed by atoms with van der Waals surface area (Å²) in [5.74, 6) is -0.0782. The van der Waals surface area contributed by atoms with Gasteiger partial charge in [0.2, 0.25) is 0 Å². The number of rotatable bonds is 7. The third-order valence-electron chi connectivity index (χ3n) is 4.97.